The lowest BCUT2D eigenvalue weighted by atomic mass is 9.89. The van der Waals surface area contributed by atoms with Gasteiger partial charge in [-0.25, -0.2) is 0 Å². The predicted octanol–water partition coefficient (Wildman–Crippen LogP) is 0.452. The number of nitrogen functional groups attached to an aromatic ring is 1. The summed E-state index contributed by atoms with van der Waals surface area (Å²) in [7, 11) is -1.44. The zero-order valence-electron chi connectivity index (χ0n) is 7.14. The highest BCUT2D eigenvalue weighted by atomic mass is 32.1. The van der Waals surface area contributed by atoms with Gasteiger partial charge in [0, 0.05) is 19.8 Å². The first kappa shape index (κ1) is 9.85. The molecule has 0 amide bonds. The molecule has 0 spiro atoms. The van der Waals surface area contributed by atoms with Crippen molar-refractivity contribution >= 4 is 51.6 Å². The van der Waals surface area contributed by atoms with Gasteiger partial charge in [-0.05, 0) is 18.2 Å². The third-order valence-corrected chi connectivity index (χ3v) is 3.52. The number of anilines is 1. The first-order valence-electron chi connectivity index (χ1n) is 3.96. The summed E-state index contributed by atoms with van der Waals surface area (Å²) < 4.78 is 1.43. The molecule has 14 heavy (non-hydrogen) atoms. The minimum absolute atomic E-state index is 0.491. The van der Waals surface area contributed by atoms with E-state index in [0.717, 1.165) is 10.1 Å². The monoisotopic (exact) mass is 225 g/mol. The van der Waals surface area contributed by atoms with E-state index in [1.54, 1.807) is 12.1 Å². The van der Waals surface area contributed by atoms with Gasteiger partial charge in [0.15, 0.2) is 0 Å². The molecule has 4 N–H and O–H groups in total. The summed E-state index contributed by atoms with van der Waals surface area (Å²) in [5.41, 5.74) is 6.38. The van der Waals surface area contributed by atoms with Gasteiger partial charge >= 0.3 is 7.12 Å². The SMILES string of the molecule is Nc1c(S)ccc2sc(B(O)O)cc12. The number of nitrogens with two attached hydrogens (primary N) is 1. The number of fused-ring (bicyclic) bond motifs is 1. The molecule has 1 heterocycles. The third-order valence-electron chi connectivity index (χ3n) is 1.99. The molecule has 0 aliphatic heterocycles. The second-order valence-corrected chi connectivity index (χ2v) is 4.53. The molecule has 0 saturated heterocycles. The first-order chi connectivity index (χ1) is 6.59. The summed E-state index contributed by atoms with van der Waals surface area (Å²) in [5.74, 6) is 0. The Bertz CT molecular complexity index is 483. The Kier molecular flexibility index (Phi) is 2.44. The molecular weight excluding hydrogens is 217 g/mol. The van der Waals surface area contributed by atoms with E-state index in [1.165, 1.54) is 11.3 Å². The highest BCUT2D eigenvalue weighted by Crippen LogP contribution is 2.29. The number of thiophene rings is 1. The maximum absolute atomic E-state index is 8.99. The zero-order chi connectivity index (χ0) is 10.3. The molecule has 0 bridgehead atoms. The number of benzene rings is 1. The number of hydrogen-bond donors (Lipinski definition) is 4. The van der Waals surface area contributed by atoms with E-state index in [2.05, 4.69) is 12.6 Å². The van der Waals surface area contributed by atoms with Crippen LogP contribution in [0.15, 0.2) is 23.1 Å². The van der Waals surface area contributed by atoms with E-state index in [9.17, 15) is 0 Å². The molecule has 0 fully saturated rings. The van der Waals surface area contributed by atoms with E-state index in [1.807, 2.05) is 6.07 Å². The summed E-state index contributed by atoms with van der Waals surface area (Å²) in [6.07, 6.45) is 0. The van der Waals surface area contributed by atoms with Crippen LogP contribution in [0.4, 0.5) is 5.69 Å². The van der Waals surface area contributed by atoms with Gasteiger partial charge in [-0.3, -0.25) is 0 Å². The van der Waals surface area contributed by atoms with Gasteiger partial charge in [-0.2, -0.15) is 0 Å². The molecule has 72 valence electrons. The summed E-state index contributed by atoms with van der Waals surface area (Å²) in [6, 6.07) is 5.34. The van der Waals surface area contributed by atoms with Crippen LogP contribution in [-0.2, 0) is 0 Å². The van der Waals surface area contributed by atoms with Gasteiger partial charge in [0.05, 0.1) is 5.69 Å². The van der Waals surface area contributed by atoms with E-state index in [0.29, 0.717) is 15.4 Å². The van der Waals surface area contributed by atoms with Gasteiger partial charge in [0.25, 0.3) is 0 Å². The van der Waals surface area contributed by atoms with E-state index < -0.39 is 7.12 Å². The van der Waals surface area contributed by atoms with Crippen molar-refractivity contribution in [1.82, 2.24) is 0 Å². The van der Waals surface area contributed by atoms with E-state index in [4.69, 9.17) is 15.8 Å². The Hall–Kier alpha value is -0.685. The molecule has 0 radical (unpaired) electrons. The molecule has 1 aromatic carbocycles. The summed E-state index contributed by atoms with van der Waals surface area (Å²) >= 11 is 5.50. The molecule has 0 saturated carbocycles. The van der Waals surface area contributed by atoms with Crippen LogP contribution in [0.5, 0.6) is 0 Å². The standard InChI is InChI=1S/C8H8BNO2S2/c10-8-4-3-7(9(11)12)14-6(4)2-1-5(8)13/h1-3,11-13H,10H2. The Morgan fingerprint density at radius 2 is 2.07 bits per heavy atom. The lowest BCUT2D eigenvalue weighted by molar-refractivity contribution is 0.427. The average Bonchev–Trinajstić information content (AvgIpc) is 2.56. The maximum atomic E-state index is 8.99. The van der Waals surface area contributed by atoms with Crippen LogP contribution in [0.25, 0.3) is 10.1 Å². The van der Waals surface area contributed by atoms with Crippen molar-refractivity contribution in [1.29, 1.82) is 0 Å². The summed E-state index contributed by atoms with van der Waals surface area (Å²) in [6.45, 7) is 0. The predicted molar refractivity (Wildman–Crippen MR) is 63.3 cm³/mol. The van der Waals surface area contributed by atoms with Gasteiger partial charge in [0.1, 0.15) is 0 Å². The fourth-order valence-corrected chi connectivity index (χ4v) is 2.41. The van der Waals surface area contributed by atoms with Gasteiger partial charge in [0.2, 0.25) is 0 Å². The molecular formula is C8H8BNO2S2. The second kappa shape index (κ2) is 3.47. The van der Waals surface area contributed by atoms with Crippen molar-refractivity contribution in [3.8, 4) is 0 Å². The first-order valence-corrected chi connectivity index (χ1v) is 5.23. The van der Waals surface area contributed by atoms with E-state index >= 15 is 0 Å². The van der Waals surface area contributed by atoms with Crippen molar-refractivity contribution in [2.24, 2.45) is 0 Å². The van der Waals surface area contributed by atoms with Crippen molar-refractivity contribution in [3.05, 3.63) is 18.2 Å². The molecule has 1 aromatic heterocycles. The molecule has 3 nitrogen and oxygen atoms in total. The van der Waals surface area contributed by atoms with Gasteiger partial charge in [-0.1, -0.05) is 0 Å². The normalized spacial score (nSPS) is 10.8. The average molecular weight is 225 g/mol. The van der Waals surface area contributed by atoms with Crippen molar-refractivity contribution < 1.29 is 10.0 Å². The topological polar surface area (TPSA) is 66.5 Å². The molecule has 0 aliphatic carbocycles. The van der Waals surface area contributed by atoms with Crippen LogP contribution in [-0.4, -0.2) is 17.2 Å². The number of hydrogen-bond acceptors (Lipinski definition) is 5. The number of rotatable bonds is 1. The third kappa shape index (κ3) is 1.50. The highest BCUT2D eigenvalue weighted by Gasteiger charge is 2.15. The molecule has 0 aliphatic rings. The Morgan fingerprint density at radius 3 is 2.71 bits per heavy atom. The smallest absolute Gasteiger partial charge is 0.423 e. The lowest BCUT2D eigenvalue weighted by Gasteiger charge is -1.98. The molecule has 2 aromatic rings. The van der Waals surface area contributed by atoms with Crippen LogP contribution >= 0.6 is 24.0 Å². The second-order valence-electron chi connectivity index (χ2n) is 2.93. The Labute approximate surface area is 90.7 Å². The maximum Gasteiger partial charge on any atom is 0.499 e. The molecule has 0 atom stereocenters. The Morgan fingerprint density at radius 1 is 1.36 bits per heavy atom. The van der Waals surface area contributed by atoms with Gasteiger partial charge in [-0.15, -0.1) is 24.0 Å². The summed E-state index contributed by atoms with van der Waals surface area (Å²) in [4.78, 5) is 0.703. The minimum atomic E-state index is -1.44. The van der Waals surface area contributed by atoms with Crippen LogP contribution in [0.2, 0.25) is 0 Å². The minimum Gasteiger partial charge on any atom is -0.423 e. The van der Waals surface area contributed by atoms with Crippen LogP contribution in [0, 0.1) is 0 Å². The molecule has 6 heteroatoms. The quantitative estimate of drug-likeness (QED) is 0.323. The van der Waals surface area contributed by atoms with Crippen LogP contribution < -0.4 is 10.5 Å². The molecule has 2 rings (SSSR count). The largest absolute Gasteiger partial charge is 0.499 e. The molecule has 0 unspecified atom stereocenters. The zero-order valence-corrected chi connectivity index (χ0v) is 8.85. The van der Waals surface area contributed by atoms with Crippen molar-refractivity contribution in [2.45, 2.75) is 4.90 Å². The lowest BCUT2D eigenvalue weighted by Crippen LogP contribution is -2.26. The number of thiol groups is 1. The van der Waals surface area contributed by atoms with Crippen molar-refractivity contribution in [2.75, 3.05) is 5.73 Å². The summed E-state index contributed by atoms with van der Waals surface area (Å²) in [5, 5.41) is 18.8. The Balaban J connectivity index is 2.71. The van der Waals surface area contributed by atoms with Crippen LogP contribution in [0.1, 0.15) is 0 Å². The van der Waals surface area contributed by atoms with E-state index in [-0.39, 0.29) is 0 Å². The van der Waals surface area contributed by atoms with Crippen LogP contribution in [0.3, 0.4) is 0 Å². The van der Waals surface area contributed by atoms with Gasteiger partial charge < -0.3 is 15.8 Å². The van der Waals surface area contributed by atoms with Crippen molar-refractivity contribution in [3.63, 3.8) is 0 Å². The fourth-order valence-electron chi connectivity index (χ4n) is 1.27. The fraction of sp³-hybridized carbons (Fsp3) is 0. The highest BCUT2D eigenvalue weighted by molar-refractivity contribution is 7.80.